The van der Waals surface area contributed by atoms with Gasteiger partial charge in [0.05, 0.1) is 25.9 Å². The molecule has 7 heteroatoms. The van der Waals surface area contributed by atoms with Crippen molar-refractivity contribution in [3.05, 3.63) is 22.2 Å². The van der Waals surface area contributed by atoms with Gasteiger partial charge in [-0.05, 0) is 25.7 Å². The number of ether oxygens (including phenoxy) is 2. The maximum atomic E-state index is 12.0. The van der Waals surface area contributed by atoms with Crippen LogP contribution in [0.5, 0.6) is 0 Å². The number of aromatic nitrogens is 1. The Kier molecular flexibility index (Phi) is 5.60. The van der Waals surface area contributed by atoms with E-state index in [0.717, 1.165) is 19.3 Å². The molecule has 0 unspecified atom stereocenters. The van der Waals surface area contributed by atoms with Crippen molar-refractivity contribution in [2.24, 2.45) is 0 Å². The van der Waals surface area contributed by atoms with E-state index in [0.29, 0.717) is 31.4 Å². The average Bonchev–Trinajstić information content (AvgIpc) is 3.06. The van der Waals surface area contributed by atoms with Crippen LogP contribution in [0, 0.1) is 0 Å². The number of methoxy groups -OCH3 is 1. The van der Waals surface area contributed by atoms with Crippen LogP contribution in [0.15, 0.2) is 15.4 Å². The van der Waals surface area contributed by atoms with Crippen LogP contribution in [-0.2, 0) is 9.47 Å². The van der Waals surface area contributed by atoms with Gasteiger partial charge in [-0.15, -0.1) is 0 Å². The number of aromatic amines is 1. The molecule has 1 aromatic rings. The van der Waals surface area contributed by atoms with Crippen molar-refractivity contribution in [3.63, 3.8) is 0 Å². The van der Waals surface area contributed by atoms with Crippen molar-refractivity contribution in [3.8, 4) is 0 Å². The molecule has 1 N–H and O–H groups in total. The number of hydrogen-bond donors (Lipinski definition) is 1. The number of amides is 1. The third kappa shape index (κ3) is 4.01. The highest BCUT2D eigenvalue weighted by atomic mass is 16.5. The summed E-state index contributed by atoms with van der Waals surface area (Å²) < 4.78 is 16.3. The maximum Gasteiger partial charge on any atom is 0.409 e. The molecule has 1 aliphatic carbocycles. The second-order valence-corrected chi connectivity index (χ2v) is 6.75. The van der Waals surface area contributed by atoms with Crippen molar-refractivity contribution in [2.75, 3.05) is 20.3 Å². The predicted octanol–water partition coefficient (Wildman–Crippen LogP) is 2.63. The first kappa shape index (κ1) is 17.1. The SMILES string of the molecule is COC(=O)N1CC[C@@H](c2cc(=O)[nH]o2)C[C@H]1COC1CCCCC1. The largest absolute Gasteiger partial charge is 0.453 e. The summed E-state index contributed by atoms with van der Waals surface area (Å²) in [6.07, 6.45) is 7.35. The molecule has 0 spiro atoms. The molecular formula is C17H26N2O5. The summed E-state index contributed by atoms with van der Waals surface area (Å²) in [4.78, 5) is 25.1. The number of carbonyl (C=O) groups is 1. The van der Waals surface area contributed by atoms with Crippen LogP contribution in [0.3, 0.4) is 0 Å². The standard InChI is InChI=1S/C17H26N2O5/c1-22-17(21)19-8-7-12(15-10-16(20)18-24-15)9-13(19)11-23-14-5-3-2-4-6-14/h10,12-14H,2-9,11H2,1H3,(H,18,20)/t12-,13+/m1/s1. The number of rotatable bonds is 4. The Balaban J connectivity index is 1.64. The lowest BCUT2D eigenvalue weighted by molar-refractivity contribution is -0.0194. The molecule has 134 valence electrons. The zero-order valence-corrected chi connectivity index (χ0v) is 14.2. The molecule has 0 radical (unpaired) electrons. The molecule has 0 bridgehead atoms. The van der Waals surface area contributed by atoms with E-state index in [2.05, 4.69) is 5.16 Å². The smallest absolute Gasteiger partial charge is 0.409 e. The van der Waals surface area contributed by atoms with E-state index in [9.17, 15) is 9.59 Å². The summed E-state index contributed by atoms with van der Waals surface area (Å²) in [5, 5.41) is 2.34. The lowest BCUT2D eigenvalue weighted by Crippen LogP contribution is -2.48. The van der Waals surface area contributed by atoms with Gasteiger partial charge >= 0.3 is 6.09 Å². The average molecular weight is 338 g/mol. The van der Waals surface area contributed by atoms with Gasteiger partial charge in [-0.1, -0.05) is 19.3 Å². The van der Waals surface area contributed by atoms with Gasteiger partial charge in [0.2, 0.25) is 0 Å². The van der Waals surface area contributed by atoms with E-state index >= 15 is 0 Å². The summed E-state index contributed by atoms with van der Waals surface area (Å²) in [5.74, 6) is 0.775. The molecule has 0 aromatic carbocycles. The first-order valence-electron chi connectivity index (χ1n) is 8.82. The lowest BCUT2D eigenvalue weighted by atomic mass is 9.89. The van der Waals surface area contributed by atoms with E-state index < -0.39 is 0 Å². The molecule has 2 heterocycles. The maximum absolute atomic E-state index is 12.0. The molecule has 2 atom stereocenters. The molecular weight excluding hydrogens is 312 g/mol. The number of nitrogens with zero attached hydrogens (tertiary/aromatic N) is 1. The Hall–Kier alpha value is -1.76. The van der Waals surface area contributed by atoms with E-state index in [4.69, 9.17) is 14.0 Å². The summed E-state index contributed by atoms with van der Waals surface area (Å²) in [6.45, 7) is 1.08. The van der Waals surface area contributed by atoms with Crippen LogP contribution in [0.1, 0.15) is 56.6 Å². The summed E-state index contributed by atoms with van der Waals surface area (Å²) >= 11 is 0. The lowest BCUT2D eigenvalue weighted by Gasteiger charge is -2.38. The highest BCUT2D eigenvalue weighted by molar-refractivity contribution is 5.68. The van der Waals surface area contributed by atoms with Gasteiger partial charge in [0.25, 0.3) is 5.56 Å². The number of likely N-dealkylation sites (tertiary alicyclic amines) is 1. The van der Waals surface area contributed by atoms with Gasteiger partial charge in [-0.2, -0.15) is 5.16 Å². The van der Waals surface area contributed by atoms with Crippen molar-refractivity contribution in [1.29, 1.82) is 0 Å². The molecule has 1 aliphatic heterocycles. The molecule has 1 saturated carbocycles. The van der Waals surface area contributed by atoms with Crippen LogP contribution < -0.4 is 5.56 Å². The molecule has 7 nitrogen and oxygen atoms in total. The zero-order chi connectivity index (χ0) is 16.9. The van der Waals surface area contributed by atoms with E-state index in [-0.39, 0.29) is 23.6 Å². The molecule has 1 saturated heterocycles. The molecule has 24 heavy (non-hydrogen) atoms. The second-order valence-electron chi connectivity index (χ2n) is 6.75. The Morgan fingerprint density at radius 2 is 2.12 bits per heavy atom. The van der Waals surface area contributed by atoms with E-state index in [1.54, 1.807) is 4.90 Å². The van der Waals surface area contributed by atoms with Crippen LogP contribution in [0.2, 0.25) is 0 Å². The second kappa shape index (κ2) is 7.88. The first-order chi connectivity index (χ1) is 11.7. The van der Waals surface area contributed by atoms with E-state index in [1.165, 1.54) is 32.4 Å². The number of piperidine rings is 1. The van der Waals surface area contributed by atoms with Gasteiger partial charge in [-0.25, -0.2) is 4.79 Å². The quantitative estimate of drug-likeness (QED) is 0.912. The Morgan fingerprint density at radius 1 is 1.33 bits per heavy atom. The fraction of sp³-hybridized carbons (Fsp3) is 0.765. The number of H-pyrrole nitrogens is 1. The fourth-order valence-electron chi connectivity index (χ4n) is 3.80. The molecule has 3 rings (SSSR count). The van der Waals surface area contributed by atoms with Crippen molar-refractivity contribution < 1.29 is 18.8 Å². The number of carbonyl (C=O) groups excluding carboxylic acids is 1. The van der Waals surface area contributed by atoms with Crippen LogP contribution >= 0.6 is 0 Å². The molecule has 2 fully saturated rings. The topological polar surface area (TPSA) is 84.8 Å². The highest BCUT2D eigenvalue weighted by Crippen LogP contribution is 2.32. The van der Waals surface area contributed by atoms with Crippen molar-refractivity contribution in [2.45, 2.75) is 63.0 Å². The minimum atomic E-state index is -0.318. The third-order valence-corrected chi connectivity index (χ3v) is 5.15. The van der Waals surface area contributed by atoms with Crippen LogP contribution in [0.4, 0.5) is 4.79 Å². The Labute approximate surface area is 141 Å². The monoisotopic (exact) mass is 338 g/mol. The van der Waals surface area contributed by atoms with Crippen LogP contribution in [-0.4, -0.2) is 48.6 Å². The number of nitrogens with one attached hydrogen (secondary N) is 1. The minimum absolute atomic E-state index is 0.0571. The highest BCUT2D eigenvalue weighted by Gasteiger charge is 2.35. The zero-order valence-electron chi connectivity index (χ0n) is 14.2. The first-order valence-corrected chi connectivity index (χ1v) is 8.82. The van der Waals surface area contributed by atoms with Gasteiger partial charge in [-0.3, -0.25) is 4.79 Å². The van der Waals surface area contributed by atoms with Crippen molar-refractivity contribution in [1.82, 2.24) is 10.1 Å². The van der Waals surface area contributed by atoms with Gasteiger partial charge < -0.3 is 18.9 Å². The fourth-order valence-corrected chi connectivity index (χ4v) is 3.80. The van der Waals surface area contributed by atoms with Crippen LogP contribution in [0.25, 0.3) is 0 Å². The van der Waals surface area contributed by atoms with Gasteiger partial charge in [0, 0.05) is 18.5 Å². The third-order valence-electron chi connectivity index (χ3n) is 5.15. The summed E-state index contributed by atoms with van der Waals surface area (Å²) in [7, 11) is 1.40. The van der Waals surface area contributed by atoms with Gasteiger partial charge in [0.15, 0.2) is 0 Å². The Morgan fingerprint density at radius 3 is 2.79 bits per heavy atom. The minimum Gasteiger partial charge on any atom is -0.453 e. The normalized spacial score (nSPS) is 25.6. The van der Waals surface area contributed by atoms with Gasteiger partial charge in [0.1, 0.15) is 5.76 Å². The van der Waals surface area contributed by atoms with E-state index in [1.807, 2.05) is 0 Å². The van der Waals surface area contributed by atoms with Crippen molar-refractivity contribution >= 4 is 6.09 Å². The molecule has 1 aromatic heterocycles. The summed E-state index contributed by atoms with van der Waals surface area (Å²) in [5.41, 5.74) is -0.226. The molecule has 1 amide bonds. The molecule has 2 aliphatic rings. The predicted molar refractivity (Wildman–Crippen MR) is 87.0 cm³/mol. The Bertz CT molecular complexity index is 590. The summed E-state index contributed by atoms with van der Waals surface area (Å²) in [6, 6.07) is 1.44. The number of hydrogen-bond acceptors (Lipinski definition) is 5.